The number of H-pyrrole nitrogens is 1. The highest BCUT2D eigenvalue weighted by molar-refractivity contribution is 7.32. The summed E-state index contributed by atoms with van der Waals surface area (Å²) in [4.78, 5) is 39.3. The molecule has 4 atom stereocenters. The number of methoxy groups -OCH3 is 1. The second-order valence-electron chi connectivity index (χ2n) is 5.94. The monoisotopic (exact) mass is 422 g/mol. The quantitative estimate of drug-likeness (QED) is 0.379. The molecule has 0 aliphatic heterocycles. The van der Waals surface area contributed by atoms with Crippen molar-refractivity contribution in [2.75, 3.05) is 19.0 Å². The van der Waals surface area contributed by atoms with Gasteiger partial charge >= 0.3 is 8.25 Å². The van der Waals surface area contributed by atoms with Crippen LogP contribution in [-0.2, 0) is 18.6 Å². The number of aliphatic hydroxyl groups is 1. The summed E-state index contributed by atoms with van der Waals surface area (Å²) in [5, 5.41) is 18.7. The van der Waals surface area contributed by atoms with E-state index >= 15 is 0 Å². The molecule has 0 aliphatic rings. The molecule has 28 heavy (non-hydrogen) atoms. The van der Waals surface area contributed by atoms with E-state index in [4.69, 9.17) is 14.2 Å². The summed E-state index contributed by atoms with van der Waals surface area (Å²) in [6.07, 6.45) is -5.48. The number of alkyl halides is 1. The maximum atomic E-state index is 14.8. The van der Waals surface area contributed by atoms with Crippen LogP contribution in [0.25, 0.3) is 11.2 Å². The molecular weight excluding hydrogens is 402 g/mol. The smallest absolute Gasteiger partial charge is 0.318 e. The molecule has 0 bridgehead atoms. The number of carbonyl (C=O) groups is 1. The van der Waals surface area contributed by atoms with Gasteiger partial charge in [-0.3, -0.25) is 29.0 Å². The van der Waals surface area contributed by atoms with Crippen LogP contribution < -0.4 is 10.9 Å². The Morgan fingerprint density at radius 3 is 2.68 bits per heavy atom. The molecule has 0 radical (unpaired) electrons. The van der Waals surface area contributed by atoms with Crippen LogP contribution in [0.5, 0.6) is 0 Å². The van der Waals surface area contributed by atoms with Crippen LogP contribution in [0.1, 0.15) is 20.1 Å². The minimum atomic E-state index is -3.67. The Morgan fingerprint density at radius 1 is 1.46 bits per heavy atom. The third kappa shape index (κ3) is 4.77. The van der Waals surface area contributed by atoms with Gasteiger partial charge < -0.3 is 14.7 Å². The molecule has 0 saturated heterocycles. The fourth-order valence-corrected chi connectivity index (χ4v) is 2.61. The van der Waals surface area contributed by atoms with E-state index in [0.29, 0.717) is 4.68 Å². The summed E-state index contributed by atoms with van der Waals surface area (Å²) in [7, 11) is -2.55. The molecule has 2 heterocycles. The Hall–Kier alpha value is -2.25. The number of fused-ring (bicyclic) bond motifs is 1. The molecule has 1 unspecified atom stereocenters. The SMILES string of the molecule is CO[C@H](CO)[C@@H](F)[C@H](O[PH](=O)O)n1nnc2c(=O)[nH]c(NC(=O)C(C)C)nc21. The van der Waals surface area contributed by atoms with E-state index < -0.39 is 50.7 Å². The summed E-state index contributed by atoms with van der Waals surface area (Å²) >= 11 is 0. The molecule has 0 fully saturated rings. The van der Waals surface area contributed by atoms with E-state index in [0.717, 1.165) is 7.11 Å². The normalized spacial score (nSPS) is 16.1. The van der Waals surface area contributed by atoms with Gasteiger partial charge in [-0.2, -0.15) is 9.67 Å². The standard InChI is InChI=1S/C13H20FN6O7P/c1-5(2)10(22)16-13-15-9-8(11(23)17-13)18-19-20(9)12(27-28(24)25)7(14)6(4-21)26-3/h5-7,12,21,28H,4H2,1-3H3,(H,24,25)(H2,15,16,17,22,23)/t6-,7-,12+/m1/s1. The molecule has 13 nitrogen and oxygen atoms in total. The number of hydrogen-bond acceptors (Lipinski definition) is 9. The highest BCUT2D eigenvalue weighted by atomic mass is 31.1. The second kappa shape index (κ2) is 9.30. The topological polar surface area (TPSA) is 182 Å². The Morgan fingerprint density at radius 2 is 2.14 bits per heavy atom. The number of aliphatic hydroxyl groups excluding tert-OH is 1. The molecule has 1 amide bonds. The fraction of sp³-hybridized carbons (Fsp3) is 0.615. The third-order valence-corrected chi connectivity index (χ3v) is 4.12. The number of amides is 1. The van der Waals surface area contributed by atoms with Gasteiger partial charge in [0.2, 0.25) is 11.9 Å². The van der Waals surface area contributed by atoms with Crippen LogP contribution >= 0.6 is 8.25 Å². The Kier molecular flexibility index (Phi) is 7.32. The molecule has 0 saturated carbocycles. The molecule has 2 rings (SSSR count). The zero-order valence-electron chi connectivity index (χ0n) is 15.1. The molecule has 0 spiro atoms. The van der Waals surface area contributed by atoms with Crippen molar-refractivity contribution in [1.82, 2.24) is 25.0 Å². The first-order valence-electron chi connectivity index (χ1n) is 8.03. The summed E-state index contributed by atoms with van der Waals surface area (Å²) in [6.45, 7) is 2.47. The Bertz CT molecular complexity index is 914. The summed E-state index contributed by atoms with van der Waals surface area (Å²) in [6, 6.07) is 0. The highest BCUT2D eigenvalue weighted by Gasteiger charge is 2.35. The van der Waals surface area contributed by atoms with Crippen molar-refractivity contribution < 1.29 is 33.0 Å². The molecule has 156 valence electrons. The zero-order valence-corrected chi connectivity index (χ0v) is 16.1. The van der Waals surface area contributed by atoms with Crippen molar-refractivity contribution in [2.45, 2.75) is 32.4 Å². The minimum absolute atomic E-state index is 0.254. The van der Waals surface area contributed by atoms with Gasteiger partial charge in [0.15, 0.2) is 23.6 Å². The number of ether oxygens (including phenoxy) is 1. The minimum Gasteiger partial charge on any atom is -0.394 e. The van der Waals surface area contributed by atoms with E-state index in [-0.39, 0.29) is 17.1 Å². The van der Waals surface area contributed by atoms with Gasteiger partial charge in [-0.15, -0.1) is 5.10 Å². The number of nitrogens with one attached hydrogen (secondary N) is 2. The number of aromatic amines is 1. The molecular formula is C13H20FN6O7P. The van der Waals surface area contributed by atoms with Crippen molar-refractivity contribution >= 4 is 31.3 Å². The highest BCUT2D eigenvalue weighted by Crippen LogP contribution is 2.31. The van der Waals surface area contributed by atoms with Crippen LogP contribution in [-0.4, -0.2) is 66.9 Å². The van der Waals surface area contributed by atoms with E-state index in [2.05, 4.69) is 25.6 Å². The van der Waals surface area contributed by atoms with Gasteiger partial charge in [0, 0.05) is 13.0 Å². The number of hydrogen-bond donors (Lipinski definition) is 4. The van der Waals surface area contributed by atoms with Gasteiger partial charge in [0.1, 0.15) is 6.10 Å². The predicted octanol–water partition coefficient (Wildman–Crippen LogP) is -0.648. The lowest BCUT2D eigenvalue weighted by Gasteiger charge is -2.25. The molecule has 15 heteroatoms. The van der Waals surface area contributed by atoms with Crippen LogP contribution in [0.4, 0.5) is 10.3 Å². The Labute approximate surface area is 157 Å². The van der Waals surface area contributed by atoms with E-state index in [9.17, 15) is 23.7 Å². The van der Waals surface area contributed by atoms with Gasteiger partial charge in [-0.1, -0.05) is 19.1 Å². The van der Waals surface area contributed by atoms with Gasteiger partial charge in [0.25, 0.3) is 5.56 Å². The first-order valence-corrected chi connectivity index (χ1v) is 9.29. The molecule has 0 aromatic carbocycles. The number of anilines is 1. The molecule has 2 aromatic heterocycles. The first kappa shape index (κ1) is 22.0. The van der Waals surface area contributed by atoms with Crippen molar-refractivity contribution in [3.05, 3.63) is 10.4 Å². The summed E-state index contributed by atoms with van der Waals surface area (Å²) in [5.74, 6) is -1.11. The van der Waals surface area contributed by atoms with Crippen LogP contribution in [0.2, 0.25) is 0 Å². The maximum absolute atomic E-state index is 14.8. The van der Waals surface area contributed by atoms with Gasteiger partial charge in [-0.05, 0) is 0 Å². The van der Waals surface area contributed by atoms with Crippen molar-refractivity contribution in [3.63, 3.8) is 0 Å². The lowest BCUT2D eigenvalue weighted by atomic mass is 10.2. The summed E-state index contributed by atoms with van der Waals surface area (Å²) in [5.41, 5.74) is -1.42. The molecule has 2 aromatic rings. The van der Waals surface area contributed by atoms with Crippen molar-refractivity contribution in [2.24, 2.45) is 5.92 Å². The number of rotatable bonds is 9. The number of halogens is 1. The summed E-state index contributed by atoms with van der Waals surface area (Å²) < 4.78 is 36.1. The number of aromatic nitrogens is 5. The number of carbonyl (C=O) groups excluding carboxylic acids is 1. The van der Waals surface area contributed by atoms with E-state index in [1.807, 2.05) is 0 Å². The molecule has 4 N–H and O–H groups in total. The van der Waals surface area contributed by atoms with Crippen LogP contribution in [0, 0.1) is 5.92 Å². The van der Waals surface area contributed by atoms with Crippen molar-refractivity contribution in [1.29, 1.82) is 0 Å². The number of nitrogens with zero attached hydrogens (tertiary/aromatic N) is 4. The second-order valence-corrected chi connectivity index (χ2v) is 6.71. The van der Waals surface area contributed by atoms with Gasteiger partial charge in [0.05, 0.1) is 6.61 Å². The predicted molar refractivity (Wildman–Crippen MR) is 93.5 cm³/mol. The maximum Gasteiger partial charge on any atom is 0.318 e. The third-order valence-electron chi connectivity index (χ3n) is 3.67. The average Bonchev–Trinajstić information content (AvgIpc) is 3.04. The van der Waals surface area contributed by atoms with Crippen molar-refractivity contribution in [3.8, 4) is 0 Å². The first-order chi connectivity index (χ1) is 13.2. The van der Waals surface area contributed by atoms with E-state index in [1.165, 1.54) is 0 Å². The zero-order chi connectivity index (χ0) is 21.0. The van der Waals surface area contributed by atoms with Crippen LogP contribution in [0.15, 0.2) is 4.79 Å². The largest absolute Gasteiger partial charge is 0.394 e. The van der Waals surface area contributed by atoms with Crippen LogP contribution in [0.3, 0.4) is 0 Å². The van der Waals surface area contributed by atoms with Gasteiger partial charge in [-0.25, -0.2) is 4.39 Å². The lowest BCUT2D eigenvalue weighted by molar-refractivity contribution is -0.118. The lowest BCUT2D eigenvalue weighted by Crippen LogP contribution is -2.37. The Balaban J connectivity index is 2.55. The fourth-order valence-electron chi connectivity index (χ4n) is 2.17. The molecule has 0 aliphatic carbocycles. The average molecular weight is 422 g/mol. The van der Waals surface area contributed by atoms with E-state index in [1.54, 1.807) is 13.8 Å².